The van der Waals surface area contributed by atoms with Crippen LogP contribution in [0.3, 0.4) is 0 Å². The first-order chi connectivity index (χ1) is 19.5. The predicted octanol–water partition coefficient (Wildman–Crippen LogP) is 6.22. The molecule has 1 N–H and O–H groups in total. The topological polar surface area (TPSA) is 103 Å². The maximum atomic E-state index is 13.6. The van der Waals surface area contributed by atoms with E-state index in [1.54, 1.807) is 12.1 Å². The highest BCUT2D eigenvalue weighted by Gasteiger charge is 2.24. The molecule has 200 valence electrons. The summed E-state index contributed by atoms with van der Waals surface area (Å²) < 4.78 is 1.84. The summed E-state index contributed by atoms with van der Waals surface area (Å²) >= 11 is 1.51. The van der Waals surface area contributed by atoms with Crippen molar-refractivity contribution in [1.82, 2.24) is 20.1 Å². The van der Waals surface area contributed by atoms with Gasteiger partial charge in [-0.25, -0.2) is 0 Å². The largest absolute Gasteiger partial charge is 0.348 e. The number of non-ortho nitro benzene ring substituents is 1. The lowest BCUT2D eigenvalue weighted by Gasteiger charge is -2.18. The summed E-state index contributed by atoms with van der Waals surface area (Å²) in [6.07, 6.45) is 0. The van der Waals surface area contributed by atoms with Crippen molar-refractivity contribution in [3.63, 3.8) is 0 Å². The van der Waals surface area contributed by atoms with Crippen LogP contribution in [-0.4, -0.2) is 25.6 Å². The number of thioether (sulfide) groups is 1. The number of rotatable bonds is 10. The molecule has 1 aromatic heterocycles. The fourth-order valence-corrected chi connectivity index (χ4v) is 5.41. The Balaban J connectivity index is 1.42. The van der Waals surface area contributed by atoms with Crippen molar-refractivity contribution < 1.29 is 9.72 Å². The number of nitrogens with zero attached hydrogens (tertiary/aromatic N) is 4. The summed E-state index contributed by atoms with van der Waals surface area (Å²) in [6, 6.07) is 33.8. The Morgan fingerprint density at radius 2 is 1.55 bits per heavy atom. The molecule has 0 fully saturated rings. The molecular formula is C31H27N5O3S. The second kappa shape index (κ2) is 12.4. The van der Waals surface area contributed by atoms with E-state index in [0.29, 0.717) is 22.4 Å². The molecule has 0 atom stereocenters. The first kappa shape index (κ1) is 26.8. The Hall–Kier alpha value is -4.76. The summed E-state index contributed by atoms with van der Waals surface area (Å²) in [6.45, 7) is 2.18. The van der Waals surface area contributed by atoms with Gasteiger partial charge in [-0.2, -0.15) is 0 Å². The summed E-state index contributed by atoms with van der Waals surface area (Å²) in [5.41, 5.74) is 4.76. The van der Waals surface area contributed by atoms with Gasteiger partial charge in [-0.05, 0) is 35.7 Å². The van der Waals surface area contributed by atoms with Crippen LogP contribution in [0.2, 0.25) is 0 Å². The van der Waals surface area contributed by atoms with Crippen LogP contribution in [0.4, 0.5) is 5.69 Å². The van der Waals surface area contributed by atoms with Gasteiger partial charge in [0.25, 0.3) is 5.69 Å². The average Bonchev–Trinajstić information content (AvgIpc) is 3.39. The Morgan fingerprint density at radius 3 is 2.15 bits per heavy atom. The standard InChI is InChI=1S/C31H27N5O3S/c1-22-9-8-10-23(19-22)21-40-31-34-33-28(35(31)26-15-17-27(18-16-26)36(38)39)20-32-30(37)29(24-11-4-2-5-12-24)25-13-6-3-7-14-25/h2-19,29H,20-21H2,1H3,(H,32,37). The van der Waals surface area contributed by atoms with Gasteiger partial charge in [0.15, 0.2) is 11.0 Å². The highest BCUT2D eigenvalue weighted by molar-refractivity contribution is 7.98. The Kier molecular flexibility index (Phi) is 8.32. The highest BCUT2D eigenvalue weighted by Crippen LogP contribution is 2.28. The Labute approximate surface area is 236 Å². The van der Waals surface area contributed by atoms with Crippen molar-refractivity contribution in [1.29, 1.82) is 0 Å². The first-order valence-electron chi connectivity index (χ1n) is 12.7. The second-order valence-corrected chi connectivity index (χ2v) is 10.2. The fraction of sp³-hybridized carbons (Fsp3) is 0.129. The lowest BCUT2D eigenvalue weighted by atomic mass is 9.90. The number of nitro benzene ring substituents is 1. The Morgan fingerprint density at radius 1 is 0.900 bits per heavy atom. The molecule has 0 aliphatic rings. The van der Waals surface area contributed by atoms with E-state index < -0.39 is 10.8 Å². The van der Waals surface area contributed by atoms with Crippen LogP contribution in [0.15, 0.2) is 114 Å². The van der Waals surface area contributed by atoms with Gasteiger partial charge in [-0.1, -0.05) is 102 Å². The number of hydrogen-bond acceptors (Lipinski definition) is 6. The fourth-order valence-electron chi connectivity index (χ4n) is 4.50. The first-order valence-corrected chi connectivity index (χ1v) is 13.7. The SMILES string of the molecule is Cc1cccc(CSc2nnc(CNC(=O)C(c3ccccc3)c3ccccc3)n2-c2ccc([N+](=O)[O-])cc2)c1. The minimum atomic E-state index is -0.492. The van der Waals surface area contributed by atoms with Gasteiger partial charge in [0.2, 0.25) is 5.91 Å². The molecule has 0 aliphatic heterocycles. The molecule has 1 amide bonds. The van der Waals surface area contributed by atoms with Gasteiger partial charge in [0, 0.05) is 23.6 Å². The number of amides is 1. The van der Waals surface area contributed by atoms with Gasteiger partial charge in [-0.3, -0.25) is 19.5 Å². The van der Waals surface area contributed by atoms with Crippen LogP contribution >= 0.6 is 11.8 Å². The highest BCUT2D eigenvalue weighted by atomic mass is 32.2. The van der Waals surface area contributed by atoms with E-state index in [1.165, 1.54) is 29.5 Å². The zero-order valence-corrected chi connectivity index (χ0v) is 22.6. The normalized spacial score (nSPS) is 10.9. The predicted molar refractivity (Wildman–Crippen MR) is 155 cm³/mol. The number of nitrogens with one attached hydrogen (secondary N) is 1. The van der Waals surface area contributed by atoms with E-state index in [-0.39, 0.29) is 18.1 Å². The smallest absolute Gasteiger partial charge is 0.269 e. The van der Waals surface area contributed by atoms with Crippen molar-refractivity contribution in [2.24, 2.45) is 0 Å². The van der Waals surface area contributed by atoms with Crippen LogP contribution in [0.5, 0.6) is 0 Å². The number of aromatic nitrogens is 3. The average molecular weight is 550 g/mol. The number of carbonyl (C=O) groups excluding carboxylic acids is 1. The molecule has 0 unspecified atom stereocenters. The van der Waals surface area contributed by atoms with Crippen LogP contribution in [0, 0.1) is 17.0 Å². The molecule has 5 rings (SSSR count). The molecule has 1 heterocycles. The van der Waals surface area contributed by atoms with Gasteiger partial charge in [0.1, 0.15) is 0 Å². The summed E-state index contributed by atoms with van der Waals surface area (Å²) in [5, 5.41) is 23.7. The molecular weight excluding hydrogens is 522 g/mol. The van der Waals surface area contributed by atoms with Gasteiger partial charge in [-0.15, -0.1) is 10.2 Å². The van der Waals surface area contributed by atoms with Crippen molar-refractivity contribution >= 4 is 23.4 Å². The summed E-state index contributed by atoms with van der Waals surface area (Å²) in [7, 11) is 0. The number of carbonyl (C=O) groups is 1. The lowest BCUT2D eigenvalue weighted by Crippen LogP contribution is -2.30. The molecule has 0 aliphatic carbocycles. The minimum Gasteiger partial charge on any atom is -0.348 e. The summed E-state index contributed by atoms with van der Waals surface area (Å²) in [5.74, 6) is 0.537. The van der Waals surface area contributed by atoms with Gasteiger partial charge < -0.3 is 5.32 Å². The molecule has 0 bridgehead atoms. The number of nitro groups is 1. The third-order valence-corrected chi connectivity index (χ3v) is 7.42. The zero-order valence-electron chi connectivity index (χ0n) is 21.8. The maximum Gasteiger partial charge on any atom is 0.269 e. The van der Waals surface area contributed by atoms with Crippen molar-refractivity contribution in [3.05, 3.63) is 147 Å². The molecule has 4 aromatic carbocycles. The minimum absolute atomic E-state index is 0.00537. The van der Waals surface area contributed by atoms with Crippen LogP contribution in [0.25, 0.3) is 5.69 Å². The second-order valence-electron chi connectivity index (χ2n) is 9.26. The van der Waals surface area contributed by atoms with Gasteiger partial charge in [0.05, 0.1) is 17.4 Å². The molecule has 0 radical (unpaired) electrons. The van der Waals surface area contributed by atoms with Crippen LogP contribution in [0.1, 0.15) is 34.0 Å². The van der Waals surface area contributed by atoms with E-state index in [4.69, 9.17) is 0 Å². The van der Waals surface area contributed by atoms with E-state index in [9.17, 15) is 14.9 Å². The molecule has 40 heavy (non-hydrogen) atoms. The third-order valence-electron chi connectivity index (χ3n) is 6.42. The number of aryl methyl sites for hydroxylation is 1. The quantitative estimate of drug-likeness (QED) is 0.126. The molecule has 0 spiro atoms. The van der Waals surface area contributed by atoms with Crippen molar-refractivity contribution in [2.45, 2.75) is 30.3 Å². The van der Waals surface area contributed by atoms with E-state index in [0.717, 1.165) is 16.7 Å². The number of hydrogen-bond donors (Lipinski definition) is 1. The van der Waals surface area contributed by atoms with Crippen molar-refractivity contribution in [3.8, 4) is 5.69 Å². The third kappa shape index (κ3) is 6.27. The van der Waals surface area contributed by atoms with Crippen molar-refractivity contribution in [2.75, 3.05) is 0 Å². The Bertz CT molecular complexity index is 1570. The lowest BCUT2D eigenvalue weighted by molar-refractivity contribution is -0.384. The van der Waals surface area contributed by atoms with Crippen LogP contribution < -0.4 is 5.32 Å². The van der Waals surface area contributed by atoms with Crippen LogP contribution in [-0.2, 0) is 17.1 Å². The molecule has 8 nitrogen and oxygen atoms in total. The van der Waals surface area contributed by atoms with E-state index in [2.05, 4.69) is 27.6 Å². The van der Waals surface area contributed by atoms with Gasteiger partial charge >= 0.3 is 0 Å². The molecule has 5 aromatic rings. The zero-order chi connectivity index (χ0) is 27.9. The molecule has 0 saturated carbocycles. The number of benzene rings is 4. The van der Waals surface area contributed by atoms with E-state index in [1.807, 2.05) is 84.3 Å². The maximum absolute atomic E-state index is 13.6. The molecule has 9 heteroatoms. The summed E-state index contributed by atoms with van der Waals surface area (Å²) in [4.78, 5) is 24.4. The monoisotopic (exact) mass is 549 g/mol. The molecule has 0 saturated heterocycles. The van der Waals surface area contributed by atoms with E-state index >= 15 is 0 Å².